The number of hydrogen-bond acceptors (Lipinski definition) is 5. The first kappa shape index (κ1) is 15.1. The molecule has 0 aliphatic carbocycles. The van der Waals surface area contributed by atoms with Crippen molar-refractivity contribution in [2.75, 3.05) is 38.2 Å². The Balaban J connectivity index is 1.97. The molecule has 1 aromatic rings. The summed E-state index contributed by atoms with van der Waals surface area (Å²) in [4.78, 5) is 4.46. The van der Waals surface area contributed by atoms with Crippen molar-refractivity contribution in [2.45, 2.75) is 25.6 Å². The lowest BCUT2D eigenvalue weighted by atomic mass is 10.1. The van der Waals surface area contributed by atoms with Gasteiger partial charge in [-0.2, -0.15) is 0 Å². The summed E-state index contributed by atoms with van der Waals surface area (Å²) >= 11 is 0. The number of ether oxygens (including phenoxy) is 1. The van der Waals surface area contributed by atoms with Gasteiger partial charge in [-0.25, -0.2) is 0 Å². The van der Waals surface area contributed by atoms with Crippen LogP contribution in [0, 0.1) is 0 Å². The first-order chi connectivity index (χ1) is 9.67. The van der Waals surface area contributed by atoms with E-state index < -0.39 is 6.10 Å². The van der Waals surface area contributed by atoms with Crippen molar-refractivity contribution in [3.8, 4) is 5.75 Å². The van der Waals surface area contributed by atoms with Crippen LogP contribution >= 0.6 is 0 Å². The molecule has 5 heteroatoms. The molecule has 0 saturated carbocycles. The van der Waals surface area contributed by atoms with Gasteiger partial charge < -0.3 is 20.5 Å². The maximum Gasteiger partial charge on any atom is 0.142 e. The lowest BCUT2D eigenvalue weighted by Crippen LogP contribution is -2.57. The molecule has 2 unspecified atom stereocenters. The highest BCUT2D eigenvalue weighted by molar-refractivity contribution is 5.58. The summed E-state index contributed by atoms with van der Waals surface area (Å²) in [5.41, 5.74) is 7.20. The summed E-state index contributed by atoms with van der Waals surface area (Å²) in [6.07, 6.45) is -0.0268. The molecule has 1 aliphatic heterocycles. The monoisotopic (exact) mass is 279 g/mol. The van der Waals surface area contributed by atoms with Crippen molar-refractivity contribution >= 4 is 5.69 Å². The molecule has 5 nitrogen and oxygen atoms in total. The molecule has 20 heavy (non-hydrogen) atoms. The predicted octanol–water partition coefficient (Wildman–Crippen LogP) is 0.873. The number of hydrogen-bond donors (Lipinski definition) is 2. The molecular weight excluding hydrogens is 254 g/mol. The molecule has 1 saturated heterocycles. The number of rotatable bonds is 5. The summed E-state index contributed by atoms with van der Waals surface area (Å²) in [6, 6.07) is 8.06. The molecule has 0 spiro atoms. The van der Waals surface area contributed by atoms with E-state index in [1.54, 1.807) is 7.11 Å². The molecule has 3 N–H and O–H groups in total. The van der Waals surface area contributed by atoms with E-state index >= 15 is 0 Å². The fourth-order valence-electron chi connectivity index (χ4n) is 2.64. The summed E-state index contributed by atoms with van der Waals surface area (Å²) < 4.78 is 5.41. The number of benzene rings is 1. The van der Waals surface area contributed by atoms with Crippen LogP contribution in [0.4, 0.5) is 5.69 Å². The quantitative estimate of drug-likeness (QED) is 0.837. The molecular formula is C15H25N3O2. The van der Waals surface area contributed by atoms with E-state index in [1.807, 2.05) is 25.1 Å². The minimum absolute atomic E-state index is 0.264. The van der Waals surface area contributed by atoms with Gasteiger partial charge in [-0.15, -0.1) is 0 Å². The van der Waals surface area contributed by atoms with Gasteiger partial charge in [-0.05, 0) is 18.6 Å². The normalized spacial score (nSPS) is 19.7. The van der Waals surface area contributed by atoms with E-state index in [2.05, 4.69) is 15.9 Å². The van der Waals surface area contributed by atoms with E-state index in [4.69, 9.17) is 10.5 Å². The van der Waals surface area contributed by atoms with Crippen molar-refractivity contribution in [1.29, 1.82) is 0 Å². The van der Waals surface area contributed by atoms with Crippen LogP contribution in [-0.4, -0.2) is 55.6 Å². The van der Waals surface area contributed by atoms with Gasteiger partial charge in [0.05, 0.1) is 25.1 Å². The zero-order valence-electron chi connectivity index (χ0n) is 12.3. The second-order valence-corrected chi connectivity index (χ2v) is 5.16. The first-order valence-corrected chi connectivity index (χ1v) is 7.23. The zero-order chi connectivity index (χ0) is 14.5. The van der Waals surface area contributed by atoms with Gasteiger partial charge in [0.25, 0.3) is 0 Å². The van der Waals surface area contributed by atoms with E-state index in [1.165, 1.54) is 0 Å². The lowest BCUT2D eigenvalue weighted by Gasteiger charge is -2.40. The highest BCUT2D eigenvalue weighted by Gasteiger charge is 2.26. The molecule has 0 radical (unpaired) electrons. The number of para-hydroxylation sites is 2. The topological polar surface area (TPSA) is 62.0 Å². The smallest absolute Gasteiger partial charge is 0.142 e. The largest absolute Gasteiger partial charge is 0.495 e. The van der Waals surface area contributed by atoms with Crippen LogP contribution in [0.2, 0.25) is 0 Å². The van der Waals surface area contributed by atoms with Gasteiger partial charge in [0, 0.05) is 26.2 Å². The number of nitrogens with two attached hydrogens (primary N) is 1. The second-order valence-electron chi connectivity index (χ2n) is 5.16. The standard InChI is InChI=1S/C15H25N3O2/c1-3-13(19)15(16)18-10-8-17(9-11-18)12-6-4-5-7-14(12)20-2/h4-7,13,15,19H,3,8-11,16H2,1-2H3. The van der Waals surface area contributed by atoms with Crippen LogP contribution < -0.4 is 15.4 Å². The molecule has 0 amide bonds. The number of aliphatic hydroxyl groups is 1. The molecule has 0 aromatic heterocycles. The minimum Gasteiger partial charge on any atom is -0.495 e. The Hall–Kier alpha value is -1.30. The molecule has 1 fully saturated rings. The van der Waals surface area contributed by atoms with Gasteiger partial charge >= 0.3 is 0 Å². The van der Waals surface area contributed by atoms with Gasteiger partial charge in [0.15, 0.2) is 0 Å². The third kappa shape index (κ3) is 3.23. The molecule has 1 aliphatic rings. The number of aliphatic hydroxyl groups excluding tert-OH is 1. The fourth-order valence-corrected chi connectivity index (χ4v) is 2.64. The Kier molecular flexibility index (Phi) is 5.23. The number of piperazine rings is 1. The summed E-state index contributed by atoms with van der Waals surface area (Å²) in [6.45, 7) is 5.46. The molecule has 1 heterocycles. The van der Waals surface area contributed by atoms with Crippen molar-refractivity contribution in [1.82, 2.24) is 4.90 Å². The number of anilines is 1. The van der Waals surface area contributed by atoms with E-state index in [-0.39, 0.29) is 6.17 Å². The number of methoxy groups -OCH3 is 1. The van der Waals surface area contributed by atoms with Crippen LogP contribution in [0.5, 0.6) is 5.75 Å². The fraction of sp³-hybridized carbons (Fsp3) is 0.600. The third-order valence-electron chi connectivity index (χ3n) is 3.97. The van der Waals surface area contributed by atoms with Gasteiger partial charge in [0.1, 0.15) is 5.75 Å². The van der Waals surface area contributed by atoms with Gasteiger partial charge in [-0.1, -0.05) is 19.1 Å². The predicted molar refractivity (Wildman–Crippen MR) is 81.1 cm³/mol. The van der Waals surface area contributed by atoms with Crippen molar-refractivity contribution in [3.05, 3.63) is 24.3 Å². The lowest BCUT2D eigenvalue weighted by molar-refractivity contribution is 0.0463. The van der Waals surface area contributed by atoms with Crippen molar-refractivity contribution < 1.29 is 9.84 Å². The van der Waals surface area contributed by atoms with E-state index in [9.17, 15) is 5.11 Å². The Morgan fingerprint density at radius 2 is 1.90 bits per heavy atom. The average molecular weight is 279 g/mol. The SMILES string of the molecule is CCC(O)C(N)N1CCN(c2ccccc2OC)CC1. The van der Waals surface area contributed by atoms with Crippen molar-refractivity contribution in [3.63, 3.8) is 0 Å². The summed E-state index contributed by atoms with van der Waals surface area (Å²) in [5.74, 6) is 0.902. The van der Waals surface area contributed by atoms with Crippen LogP contribution in [-0.2, 0) is 0 Å². The van der Waals surface area contributed by atoms with Crippen molar-refractivity contribution in [2.24, 2.45) is 5.73 Å². The maximum atomic E-state index is 9.84. The first-order valence-electron chi connectivity index (χ1n) is 7.23. The van der Waals surface area contributed by atoms with Crippen LogP contribution in [0.3, 0.4) is 0 Å². The van der Waals surface area contributed by atoms with Gasteiger partial charge in [-0.3, -0.25) is 4.90 Å². The molecule has 2 rings (SSSR count). The summed E-state index contributed by atoms with van der Waals surface area (Å²) in [5, 5.41) is 9.84. The van der Waals surface area contributed by atoms with E-state index in [0.717, 1.165) is 37.6 Å². The zero-order valence-corrected chi connectivity index (χ0v) is 12.3. The Bertz CT molecular complexity index is 419. The highest BCUT2D eigenvalue weighted by Crippen LogP contribution is 2.28. The second kappa shape index (κ2) is 6.92. The summed E-state index contributed by atoms with van der Waals surface area (Å²) in [7, 11) is 1.70. The number of nitrogens with zero attached hydrogens (tertiary/aromatic N) is 2. The average Bonchev–Trinajstić information content (AvgIpc) is 2.53. The van der Waals surface area contributed by atoms with E-state index in [0.29, 0.717) is 6.42 Å². The van der Waals surface area contributed by atoms with Gasteiger partial charge in [0.2, 0.25) is 0 Å². The van der Waals surface area contributed by atoms with Crippen LogP contribution in [0.25, 0.3) is 0 Å². The Morgan fingerprint density at radius 3 is 2.50 bits per heavy atom. The Labute approximate surface area is 120 Å². The molecule has 1 aromatic carbocycles. The molecule has 112 valence electrons. The van der Waals surface area contributed by atoms with Crippen LogP contribution in [0.1, 0.15) is 13.3 Å². The molecule has 0 bridgehead atoms. The maximum absolute atomic E-state index is 9.84. The third-order valence-corrected chi connectivity index (χ3v) is 3.97. The van der Waals surface area contributed by atoms with Crippen LogP contribution in [0.15, 0.2) is 24.3 Å². The minimum atomic E-state index is -0.451. The molecule has 2 atom stereocenters. The highest BCUT2D eigenvalue weighted by atomic mass is 16.5. The Morgan fingerprint density at radius 1 is 1.25 bits per heavy atom.